The molecule has 31 heavy (non-hydrogen) atoms. The van der Waals surface area contributed by atoms with Crippen molar-refractivity contribution in [1.82, 2.24) is 0 Å². The highest BCUT2D eigenvalue weighted by Crippen LogP contribution is 2.36. The van der Waals surface area contributed by atoms with Gasteiger partial charge in [-0.1, -0.05) is 31.9 Å². The molecule has 1 aliphatic rings. The number of allylic oxidation sites excluding steroid dienone is 4. The molecule has 0 amide bonds. The van der Waals surface area contributed by atoms with Gasteiger partial charge in [0.15, 0.2) is 23.1 Å². The van der Waals surface area contributed by atoms with E-state index in [2.05, 4.69) is 0 Å². The molecule has 0 spiro atoms. The van der Waals surface area contributed by atoms with E-state index in [9.17, 15) is 17.6 Å². The molecule has 0 saturated carbocycles. The Bertz CT molecular complexity index is 996. The molecule has 0 saturated heterocycles. The van der Waals surface area contributed by atoms with Gasteiger partial charge in [0.05, 0.1) is 13.2 Å². The van der Waals surface area contributed by atoms with Gasteiger partial charge in [-0.15, -0.1) is 0 Å². The summed E-state index contributed by atoms with van der Waals surface area (Å²) in [6.07, 6.45) is 6.72. The Kier molecular flexibility index (Phi) is 7.77. The topological polar surface area (TPSA) is 18.5 Å². The Hall–Kier alpha value is -2.76. The van der Waals surface area contributed by atoms with Crippen LogP contribution in [0.1, 0.15) is 57.1 Å². The molecule has 3 rings (SSSR count). The summed E-state index contributed by atoms with van der Waals surface area (Å²) >= 11 is 0. The third-order valence-corrected chi connectivity index (χ3v) is 5.23. The maximum absolute atomic E-state index is 14.6. The van der Waals surface area contributed by atoms with Crippen molar-refractivity contribution in [2.45, 2.75) is 46.0 Å². The molecule has 166 valence electrons. The van der Waals surface area contributed by atoms with Crippen molar-refractivity contribution in [3.05, 3.63) is 70.8 Å². The van der Waals surface area contributed by atoms with Gasteiger partial charge in [-0.25, -0.2) is 8.78 Å². The summed E-state index contributed by atoms with van der Waals surface area (Å²) in [6.45, 7) is 4.31. The van der Waals surface area contributed by atoms with Crippen LogP contribution in [-0.2, 0) is 0 Å². The van der Waals surface area contributed by atoms with Crippen molar-refractivity contribution in [3.63, 3.8) is 0 Å². The Morgan fingerprint density at radius 2 is 1.19 bits per heavy atom. The van der Waals surface area contributed by atoms with E-state index in [1.54, 1.807) is 19.1 Å². The lowest BCUT2D eigenvalue weighted by Gasteiger charge is -2.17. The average Bonchev–Trinajstić information content (AvgIpc) is 2.78. The van der Waals surface area contributed by atoms with Crippen molar-refractivity contribution in [3.8, 4) is 11.5 Å². The number of halogens is 4. The summed E-state index contributed by atoms with van der Waals surface area (Å²) in [5.41, 5.74) is 1.45. The van der Waals surface area contributed by atoms with E-state index >= 15 is 0 Å². The zero-order valence-corrected chi connectivity index (χ0v) is 17.7. The summed E-state index contributed by atoms with van der Waals surface area (Å²) in [6, 6.07) is 5.79. The van der Waals surface area contributed by atoms with Gasteiger partial charge in [-0.2, -0.15) is 8.78 Å². The summed E-state index contributed by atoms with van der Waals surface area (Å²) in [5, 5.41) is 0. The number of ether oxygens (including phenoxy) is 2. The van der Waals surface area contributed by atoms with E-state index in [1.165, 1.54) is 24.3 Å². The zero-order valence-electron chi connectivity index (χ0n) is 17.7. The molecule has 2 aromatic carbocycles. The third-order valence-electron chi connectivity index (χ3n) is 5.23. The molecule has 0 aromatic heterocycles. The fourth-order valence-corrected chi connectivity index (χ4v) is 3.54. The Morgan fingerprint density at radius 1 is 0.677 bits per heavy atom. The molecular weight excluding hydrogens is 408 g/mol. The number of rotatable bonds is 9. The predicted octanol–water partition coefficient (Wildman–Crippen LogP) is 7.47. The van der Waals surface area contributed by atoms with Crippen molar-refractivity contribution in [1.29, 1.82) is 0 Å². The molecule has 0 aliphatic heterocycles. The molecule has 0 N–H and O–H groups in total. The lowest BCUT2D eigenvalue weighted by molar-refractivity contribution is 0.286. The van der Waals surface area contributed by atoms with E-state index in [-0.39, 0.29) is 42.1 Å². The first-order chi connectivity index (χ1) is 15.0. The molecule has 0 radical (unpaired) electrons. The first-order valence-electron chi connectivity index (χ1n) is 10.6. The van der Waals surface area contributed by atoms with Crippen molar-refractivity contribution >= 4 is 11.1 Å². The monoisotopic (exact) mass is 434 g/mol. The molecule has 2 aromatic rings. The van der Waals surface area contributed by atoms with Gasteiger partial charge in [0, 0.05) is 11.1 Å². The van der Waals surface area contributed by atoms with Gasteiger partial charge in [-0.3, -0.25) is 0 Å². The minimum atomic E-state index is -1.03. The van der Waals surface area contributed by atoms with Crippen LogP contribution in [0.2, 0.25) is 0 Å². The van der Waals surface area contributed by atoms with E-state index in [1.807, 2.05) is 6.92 Å². The maximum atomic E-state index is 14.6. The largest absolute Gasteiger partial charge is 0.491 e. The minimum Gasteiger partial charge on any atom is -0.491 e. The molecule has 2 nitrogen and oxygen atoms in total. The fourth-order valence-electron chi connectivity index (χ4n) is 3.54. The zero-order chi connectivity index (χ0) is 22.4. The van der Waals surface area contributed by atoms with Crippen LogP contribution < -0.4 is 9.47 Å². The van der Waals surface area contributed by atoms with E-state index in [0.29, 0.717) is 17.8 Å². The standard InChI is InChI=1S/C25H26F4O2/c1-3-5-6-15-31-21-14-12-19(23(27)25(21)29)17-9-7-16(8-10-17)18-11-13-20(30-4-2)24(28)22(18)26/h7,10-14H,3-6,8-9,15H2,1-2H3. The minimum absolute atomic E-state index is 0.100. The normalized spacial score (nSPS) is 13.6. The van der Waals surface area contributed by atoms with E-state index < -0.39 is 23.3 Å². The summed E-state index contributed by atoms with van der Waals surface area (Å²) < 4.78 is 68.1. The van der Waals surface area contributed by atoms with Gasteiger partial charge in [0.1, 0.15) is 0 Å². The third kappa shape index (κ3) is 5.12. The molecule has 0 bridgehead atoms. The Labute approximate surface area is 180 Å². The predicted molar refractivity (Wildman–Crippen MR) is 114 cm³/mol. The highest BCUT2D eigenvalue weighted by molar-refractivity contribution is 5.78. The van der Waals surface area contributed by atoms with Gasteiger partial charge >= 0.3 is 0 Å². The van der Waals surface area contributed by atoms with Crippen LogP contribution in [-0.4, -0.2) is 13.2 Å². The summed E-state index contributed by atoms with van der Waals surface area (Å²) in [5.74, 6) is -4.21. The molecule has 6 heteroatoms. The number of hydrogen-bond acceptors (Lipinski definition) is 2. The number of unbranched alkanes of at least 4 members (excludes halogenated alkanes) is 2. The average molecular weight is 434 g/mol. The Morgan fingerprint density at radius 3 is 1.65 bits per heavy atom. The maximum Gasteiger partial charge on any atom is 0.201 e. The second-order valence-electron chi connectivity index (χ2n) is 7.33. The SMILES string of the molecule is CCCCCOc1ccc(C2=CCC(c3ccc(OCC)c(F)c3F)=CC2)c(F)c1F. The summed E-state index contributed by atoms with van der Waals surface area (Å²) in [7, 11) is 0. The van der Waals surface area contributed by atoms with Crippen LogP contribution in [0.4, 0.5) is 17.6 Å². The van der Waals surface area contributed by atoms with Crippen LogP contribution in [0.15, 0.2) is 36.4 Å². The highest BCUT2D eigenvalue weighted by atomic mass is 19.2. The van der Waals surface area contributed by atoms with Crippen LogP contribution >= 0.6 is 0 Å². The van der Waals surface area contributed by atoms with Gasteiger partial charge in [0.2, 0.25) is 11.6 Å². The lowest BCUT2D eigenvalue weighted by Crippen LogP contribution is -2.04. The van der Waals surface area contributed by atoms with Gasteiger partial charge in [-0.05, 0) is 61.6 Å². The van der Waals surface area contributed by atoms with Gasteiger partial charge < -0.3 is 9.47 Å². The van der Waals surface area contributed by atoms with Crippen molar-refractivity contribution < 1.29 is 27.0 Å². The van der Waals surface area contributed by atoms with Crippen LogP contribution in [0.5, 0.6) is 11.5 Å². The van der Waals surface area contributed by atoms with Gasteiger partial charge in [0.25, 0.3) is 0 Å². The molecule has 0 fully saturated rings. The van der Waals surface area contributed by atoms with Crippen molar-refractivity contribution in [2.75, 3.05) is 13.2 Å². The first-order valence-corrected chi connectivity index (χ1v) is 10.6. The molecule has 1 aliphatic carbocycles. The Balaban J connectivity index is 1.74. The molecular formula is C25H26F4O2. The molecule has 0 unspecified atom stereocenters. The highest BCUT2D eigenvalue weighted by Gasteiger charge is 2.21. The lowest BCUT2D eigenvalue weighted by atomic mass is 9.90. The fraction of sp³-hybridized carbons (Fsp3) is 0.360. The smallest absolute Gasteiger partial charge is 0.201 e. The van der Waals surface area contributed by atoms with E-state index in [0.717, 1.165) is 19.3 Å². The second kappa shape index (κ2) is 10.5. The number of benzene rings is 2. The quantitative estimate of drug-likeness (QED) is 0.301. The number of hydrogen-bond donors (Lipinski definition) is 0. The van der Waals surface area contributed by atoms with Crippen LogP contribution in [0.3, 0.4) is 0 Å². The van der Waals surface area contributed by atoms with Crippen LogP contribution in [0.25, 0.3) is 11.1 Å². The van der Waals surface area contributed by atoms with Crippen LogP contribution in [0, 0.1) is 23.3 Å². The molecule has 0 atom stereocenters. The molecule has 0 heterocycles. The van der Waals surface area contributed by atoms with E-state index in [4.69, 9.17) is 9.47 Å². The summed E-state index contributed by atoms with van der Waals surface area (Å²) in [4.78, 5) is 0. The second-order valence-corrected chi connectivity index (χ2v) is 7.33. The first kappa shape index (κ1) is 22.9. The van der Waals surface area contributed by atoms with Crippen molar-refractivity contribution in [2.24, 2.45) is 0 Å².